The van der Waals surface area contributed by atoms with Gasteiger partial charge in [0.1, 0.15) is 11.0 Å². The summed E-state index contributed by atoms with van der Waals surface area (Å²) in [4.78, 5) is 13.6. The second-order valence-electron chi connectivity index (χ2n) is 8.23. The molecule has 0 aliphatic carbocycles. The van der Waals surface area contributed by atoms with Gasteiger partial charge in [0, 0.05) is 43.3 Å². The molecule has 0 unspecified atom stereocenters. The number of fused-ring (bicyclic) bond motifs is 1. The predicted molar refractivity (Wildman–Crippen MR) is 127 cm³/mol. The van der Waals surface area contributed by atoms with E-state index in [0.717, 1.165) is 55.9 Å². The maximum Gasteiger partial charge on any atom is 0.416 e. The third kappa shape index (κ3) is 5.25. The molecule has 10 heteroatoms. The summed E-state index contributed by atoms with van der Waals surface area (Å²) in [7, 11) is 0. The summed E-state index contributed by atoms with van der Waals surface area (Å²) in [6.07, 6.45) is -2.66. The lowest BCUT2D eigenvalue weighted by atomic mass is 10.0. The Morgan fingerprint density at radius 2 is 1.85 bits per heavy atom. The SMILES string of the molecule is CCN1CCN(c2cnc3cc(Cl)nc(N[C@H](C)c4cc(N)cc(C(F)(F)F)c4)c3c2)CC1. The first kappa shape index (κ1) is 23.4. The highest BCUT2D eigenvalue weighted by molar-refractivity contribution is 6.30. The van der Waals surface area contributed by atoms with Crippen LogP contribution in [0.4, 0.5) is 30.4 Å². The Balaban J connectivity index is 1.65. The van der Waals surface area contributed by atoms with Crippen molar-refractivity contribution < 1.29 is 13.2 Å². The van der Waals surface area contributed by atoms with Gasteiger partial charge in [-0.2, -0.15) is 13.2 Å². The number of halogens is 4. The summed E-state index contributed by atoms with van der Waals surface area (Å²) in [5, 5.41) is 4.21. The van der Waals surface area contributed by atoms with Crippen LogP contribution in [0.25, 0.3) is 10.9 Å². The minimum absolute atomic E-state index is 0.0487. The highest BCUT2D eigenvalue weighted by Gasteiger charge is 2.31. The molecule has 3 aromatic rings. The number of piperazine rings is 1. The lowest BCUT2D eigenvalue weighted by molar-refractivity contribution is -0.137. The summed E-state index contributed by atoms with van der Waals surface area (Å²) in [5.74, 6) is 0.461. The number of nitrogens with zero attached hydrogens (tertiary/aromatic N) is 4. The Labute approximate surface area is 195 Å². The Kier molecular flexibility index (Phi) is 6.54. The number of likely N-dealkylation sites (N-methyl/N-ethyl adjacent to an activating group) is 1. The minimum atomic E-state index is -4.48. The molecule has 1 fully saturated rings. The molecule has 1 aliphatic heterocycles. The van der Waals surface area contributed by atoms with E-state index in [1.54, 1.807) is 13.0 Å². The fraction of sp³-hybridized carbons (Fsp3) is 0.391. The van der Waals surface area contributed by atoms with Crippen molar-refractivity contribution in [2.75, 3.05) is 48.7 Å². The van der Waals surface area contributed by atoms with E-state index in [0.29, 0.717) is 16.9 Å². The van der Waals surface area contributed by atoms with E-state index < -0.39 is 17.8 Å². The fourth-order valence-corrected chi connectivity index (χ4v) is 4.25. The third-order valence-electron chi connectivity index (χ3n) is 5.98. The topological polar surface area (TPSA) is 70.3 Å². The fourth-order valence-electron chi connectivity index (χ4n) is 4.07. The molecule has 33 heavy (non-hydrogen) atoms. The van der Waals surface area contributed by atoms with Crippen molar-refractivity contribution in [1.82, 2.24) is 14.9 Å². The molecule has 2 aromatic heterocycles. The summed E-state index contributed by atoms with van der Waals surface area (Å²) in [6, 6.07) is 6.73. The molecule has 0 saturated carbocycles. The maximum absolute atomic E-state index is 13.2. The molecular weight excluding hydrogens is 453 g/mol. The van der Waals surface area contributed by atoms with Gasteiger partial charge in [-0.15, -0.1) is 0 Å². The van der Waals surface area contributed by atoms with Crippen LogP contribution < -0.4 is 16.0 Å². The summed E-state index contributed by atoms with van der Waals surface area (Å²) in [6.45, 7) is 8.68. The molecule has 1 aromatic carbocycles. The molecule has 1 saturated heterocycles. The van der Waals surface area contributed by atoms with Gasteiger partial charge in [0.15, 0.2) is 0 Å². The number of nitrogens with two attached hydrogens (primary N) is 1. The molecule has 1 atom stereocenters. The van der Waals surface area contributed by atoms with Gasteiger partial charge in [0.25, 0.3) is 0 Å². The second-order valence-corrected chi connectivity index (χ2v) is 8.61. The summed E-state index contributed by atoms with van der Waals surface area (Å²) < 4.78 is 39.7. The largest absolute Gasteiger partial charge is 0.416 e. The Morgan fingerprint density at radius 3 is 2.52 bits per heavy atom. The van der Waals surface area contributed by atoms with Crippen LogP contribution in [-0.2, 0) is 6.18 Å². The first-order valence-electron chi connectivity index (χ1n) is 10.8. The van der Waals surface area contributed by atoms with Gasteiger partial charge in [-0.3, -0.25) is 4.98 Å². The van der Waals surface area contributed by atoms with Crippen molar-refractivity contribution >= 4 is 39.7 Å². The van der Waals surface area contributed by atoms with Crippen molar-refractivity contribution in [3.8, 4) is 0 Å². The van der Waals surface area contributed by atoms with E-state index in [1.165, 1.54) is 6.07 Å². The number of nitrogens with one attached hydrogen (secondary N) is 1. The van der Waals surface area contributed by atoms with Gasteiger partial charge in [-0.1, -0.05) is 18.5 Å². The summed E-state index contributed by atoms with van der Waals surface area (Å²) >= 11 is 6.21. The number of rotatable bonds is 5. The zero-order chi connectivity index (χ0) is 23.8. The quantitative estimate of drug-likeness (QED) is 0.388. The smallest absolute Gasteiger partial charge is 0.399 e. The van der Waals surface area contributed by atoms with Crippen molar-refractivity contribution in [1.29, 1.82) is 0 Å². The Morgan fingerprint density at radius 1 is 1.12 bits per heavy atom. The van der Waals surface area contributed by atoms with Crippen molar-refractivity contribution in [2.24, 2.45) is 0 Å². The molecule has 0 amide bonds. The number of aromatic nitrogens is 2. The molecule has 0 bridgehead atoms. The zero-order valence-corrected chi connectivity index (χ0v) is 19.2. The molecule has 4 rings (SSSR count). The van der Waals surface area contributed by atoms with Crippen molar-refractivity contribution in [3.63, 3.8) is 0 Å². The Hall–Kier alpha value is -2.78. The van der Waals surface area contributed by atoms with E-state index in [9.17, 15) is 13.2 Å². The van der Waals surface area contributed by atoms with E-state index in [-0.39, 0.29) is 10.8 Å². The van der Waals surface area contributed by atoms with Gasteiger partial charge < -0.3 is 20.9 Å². The average Bonchev–Trinajstić information content (AvgIpc) is 2.78. The predicted octanol–water partition coefficient (Wildman–Crippen LogP) is 5.20. The molecule has 1 aliphatic rings. The highest BCUT2D eigenvalue weighted by atomic mass is 35.5. The van der Waals surface area contributed by atoms with Crippen LogP contribution in [0.3, 0.4) is 0 Å². The molecule has 0 spiro atoms. The van der Waals surface area contributed by atoms with Crippen LogP contribution in [0.15, 0.2) is 36.5 Å². The lowest BCUT2D eigenvalue weighted by Gasteiger charge is -2.35. The zero-order valence-electron chi connectivity index (χ0n) is 18.5. The normalized spacial score (nSPS) is 16.2. The van der Waals surface area contributed by atoms with Gasteiger partial charge in [-0.05, 0) is 43.3 Å². The number of pyridine rings is 2. The second kappa shape index (κ2) is 9.23. The van der Waals surface area contributed by atoms with Crippen LogP contribution in [0.2, 0.25) is 5.15 Å². The number of benzene rings is 1. The number of alkyl halides is 3. The average molecular weight is 479 g/mol. The van der Waals surface area contributed by atoms with Crippen LogP contribution >= 0.6 is 11.6 Å². The van der Waals surface area contributed by atoms with E-state index in [4.69, 9.17) is 17.3 Å². The van der Waals surface area contributed by atoms with Gasteiger partial charge >= 0.3 is 6.18 Å². The van der Waals surface area contributed by atoms with Crippen molar-refractivity contribution in [3.05, 3.63) is 52.8 Å². The van der Waals surface area contributed by atoms with E-state index in [1.807, 2.05) is 12.3 Å². The minimum Gasteiger partial charge on any atom is -0.399 e. The van der Waals surface area contributed by atoms with Crippen molar-refractivity contribution in [2.45, 2.75) is 26.1 Å². The summed E-state index contributed by atoms with van der Waals surface area (Å²) in [5.41, 5.74) is 7.03. The molecule has 6 nitrogen and oxygen atoms in total. The van der Waals surface area contributed by atoms with E-state index >= 15 is 0 Å². The van der Waals surface area contributed by atoms with Crippen LogP contribution in [0.5, 0.6) is 0 Å². The molecular formula is C23H26ClF3N6. The Bertz CT molecular complexity index is 1140. The van der Waals surface area contributed by atoms with Gasteiger partial charge in [-0.25, -0.2) is 4.98 Å². The first-order valence-corrected chi connectivity index (χ1v) is 11.2. The number of hydrogen-bond donors (Lipinski definition) is 2. The number of nitrogen functional groups attached to an aromatic ring is 1. The first-order chi connectivity index (χ1) is 15.6. The lowest BCUT2D eigenvalue weighted by Crippen LogP contribution is -2.46. The number of hydrogen-bond acceptors (Lipinski definition) is 6. The van der Waals surface area contributed by atoms with Crippen LogP contribution in [-0.4, -0.2) is 47.6 Å². The van der Waals surface area contributed by atoms with Gasteiger partial charge in [0.05, 0.1) is 29.0 Å². The molecule has 176 valence electrons. The third-order valence-corrected chi connectivity index (χ3v) is 6.17. The molecule has 3 heterocycles. The monoisotopic (exact) mass is 478 g/mol. The maximum atomic E-state index is 13.2. The standard InChI is InChI=1S/C23H26ClF3N6/c1-3-32-4-6-33(7-5-32)18-11-19-20(29-13-18)12-21(24)31-22(19)30-14(2)15-8-16(23(25,26)27)10-17(28)9-15/h8-14H,3-7,28H2,1-2H3,(H,30,31)/t14-/m1/s1. The van der Waals surface area contributed by atoms with Gasteiger partial charge in [0.2, 0.25) is 0 Å². The molecule has 0 radical (unpaired) electrons. The van der Waals surface area contributed by atoms with E-state index in [2.05, 4.69) is 32.0 Å². The van der Waals surface area contributed by atoms with Crippen LogP contribution in [0, 0.1) is 0 Å². The molecule has 3 N–H and O–H groups in total. The number of anilines is 3. The highest BCUT2D eigenvalue weighted by Crippen LogP contribution is 2.34. The van der Waals surface area contributed by atoms with Crippen LogP contribution in [0.1, 0.15) is 31.0 Å².